The number of halogens is 1. The van der Waals surface area contributed by atoms with Crippen molar-refractivity contribution in [1.29, 1.82) is 0 Å². The quantitative estimate of drug-likeness (QED) is 0.516. The second kappa shape index (κ2) is 2.69. The van der Waals surface area contributed by atoms with Crippen molar-refractivity contribution in [2.75, 3.05) is 0 Å². The van der Waals surface area contributed by atoms with E-state index in [0.717, 1.165) is 0 Å². The second-order valence-electron chi connectivity index (χ2n) is 0.996. The summed E-state index contributed by atoms with van der Waals surface area (Å²) in [5.41, 5.74) is 0. The maximum Gasteiger partial charge on any atom is 0.198 e. The van der Waals surface area contributed by atoms with Crippen molar-refractivity contribution in [1.82, 2.24) is 0 Å². The van der Waals surface area contributed by atoms with Gasteiger partial charge in [0.05, 0.1) is 6.21 Å². The Kier molecular flexibility index (Phi) is 2.52. The molecule has 1 rings (SSSR count). The molecule has 2 nitrogen and oxygen atoms in total. The molecule has 1 heterocycles. The van der Waals surface area contributed by atoms with Crippen LogP contribution < -0.4 is 0 Å². The summed E-state index contributed by atoms with van der Waals surface area (Å²) in [6, 6.07) is 0. The van der Waals surface area contributed by atoms with Gasteiger partial charge in [-0.3, -0.25) is 9.79 Å². The number of ketones is 1. The van der Waals surface area contributed by atoms with Crippen LogP contribution in [0, 0.1) is 0 Å². The third kappa shape index (κ3) is 1.64. The highest BCUT2D eigenvalue weighted by atomic mass is 79.9. The minimum atomic E-state index is -0.0185. The van der Waals surface area contributed by atoms with E-state index >= 15 is 0 Å². The number of carbonyl (C=O) groups excluding carboxylic acids is 1. The zero-order valence-electron chi connectivity index (χ0n) is 3.50. The zero-order chi connectivity index (χ0) is 4.41. The van der Waals surface area contributed by atoms with E-state index in [4.69, 9.17) is 0 Å². The predicted octanol–water partition coefficient (Wildman–Crippen LogP) is 0.732. The lowest BCUT2D eigenvalue weighted by Crippen LogP contribution is -1.84. The van der Waals surface area contributed by atoms with Gasteiger partial charge >= 0.3 is 0 Å². The molecule has 38 valence electrons. The first-order valence-corrected chi connectivity index (χ1v) is 1.63. The Hall–Kier alpha value is -0.440. The topological polar surface area (TPSA) is 29.4 Å². The molecule has 0 amide bonds. The molecule has 0 N–H and O–H groups in total. The van der Waals surface area contributed by atoms with Gasteiger partial charge in [0.25, 0.3) is 0 Å². The first-order valence-electron chi connectivity index (χ1n) is 1.63. The fraction of sp³-hybridized carbons (Fsp3) is 0. The van der Waals surface area contributed by atoms with E-state index < -0.39 is 0 Å². The van der Waals surface area contributed by atoms with Gasteiger partial charge in [-0.05, 0) is 0 Å². The van der Waals surface area contributed by atoms with Gasteiger partial charge in [0.1, 0.15) is 0 Å². The summed E-state index contributed by atoms with van der Waals surface area (Å²) in [7, 11) is 0. The van der Waals surface area contributed by atoms with E-state index in [9.17, 15) is 4.79 Å². The first kappa shape index (κ1) is 6.56. The van der Waals surface area contributed by atoms with Gasteiger partial charge in [0, 0.05) is 12.3 Å². The molecule has 0 saturated heterocycles. The monoisotopic (exact) mass is 161 g/mol. The summed E-state index contributed by atoms with van der Waals surface area (Å²) < 4.78 is 0. The van der Waals surface area contributed by atoms with Crippen LogP contribution in [0.1, 0.15) is 0 Å². The molecule has 0 bridgehead atoms. The Labute approximate surface area is 51.7 Å². The summed E-state index contributed by atoms with van der Waals surface area (Å²) >= 11 is 0. The maximum atomic E-state index is 10.0. The summed E-state index contributed by atoms with van der Waals surface area (Å²) in [5, 5.41) is 0. The maximum absolute atomic E-state index is 10.0. The number of nitrogens with zero attached hydrogens (tertiary/aromatic N) is 1. The minimum Gasteiger partial charge on any atom is -0.288 e. The second-order valence-corrected chi connectivity index (χ2v) is 0.996. The van der Waals surface area contributed by atoms with Crippen LogP contribution >= 0.6 is 17.0 Å². The number of aliphatic imine (C=N–C) groups is 1. The summed E-state index contributed by atoms with van der Waals surface area (Å²) in [6.07, 6.45) is 4.17. The smallest absolute Gasteiger partial charge is 0.198 e. The summed E-state index contributed by atoms with van der Waals surface area (Å²) in [5.74, 6) is -0.0185. The molecular formula is C4H4BrNO. The molecule has 0 fully saturated rings. The number of hydrogen-bond donors (Lipinski definition) is 0. The van der Waals surface area contributed by atoms with Crippen molar-refractivity contribution in [2.45, 2.75) is 0 Å². The molecule has 7 heavy (non-hydrogen) atoms. The minimum absolute atomic E-state index is 0. The Morgan fingerprint density at radius 3 is 2.43 bits per heavy atom. The average molecular weight is 162 g/mol. The van der Waals surface area contributed by atoms with Gasteiger partial charge in [0.15, 0.2) is 5.78 Å². The highest BCUT2D eigenvalue weighted by Crippen LogP contribution is 1.82. The predicted molar refractivity (Wildman–Crippen MR) is 33.0 cm³/mol. The standard InChI is InChI=1S/C4H3NO.BrH/c6-4-1-2-5-3-4;/h1-3H;1H. The molecular weight excluding hydrogens is 158 g/mol. The molecule has 0 atom stereocenters. The molecule has 0 aromatic heterocycles. The molecule has 3 heteroatoms. The molecule has 0 radical (unpaired) electrons. The van der Waals surface area contributed by atoms with Gasteiger partial charge in [0.2, 0.25) is 0 Å². The lowest BCUT2D eigenvalue weighted by Gasteiger charge is -1.59. The van der Waals surface area contributed by atoms with Gasteiger partial charge < -0.3 is 0 Å². The third-order valence-electron chi connectivity index (χ3n) is 0.527. The Bertz CT molecular complexity index is 114. The van der Waals surface area contributed by atoms with E-state index in [-0.39, 0.29) is 22.8 Å². The number of hydrogen-bond acceptors (Lipinski definition) is 2. The highest BCUT2D eigenvalue weighted by Gasteiger charge is 1.90. The van der Waals surface area contributed by atoms with E-state index in [1.54, 1.807) is 0 Å². The van der Waals surface area contributed by atoms with Crippen molar-refractivity contribution in [2.24, 2.45) is 4.99 Å². The number of allylic oxidation sites excluding steroid dienone is 1. The van der Waals surface area contributed by atoms with Crippen LogP contribution in [0.4, 0.5) is 0 Å². The van der Waals surface area contributed by atoms with Gasteiger partial charge in [-0.1, -0.05) is 0 Å². The lowest BCUT2D eigenvalue weighted by atomic mass is 10.5. The Balaban J connectivity index is 0.000000360. The molecule has 1 aliphatic rings. The SMILES string of the molecule is Br.O=C1C=CN=C1. The fourth-order valence-electron chi connectivity index (χ4n) is 0.276. The Morgan fingerprint density at radius 1 is 1.57 bits per heavy atom. The van der Waals surface area contributed by atoms with E-state index in [0.29, 0.717) is 0 Å². The lowest BCUT2D eigenvalue weighted by molar-refractivity contribution is -0.108. The summed E-state index contributed by atoms with van der Waals surface area (Å²) in [4.78, 5) is 13.5. The molecule has 0 aromatic rings. The van der Waals surface area contributed by atoms with Crippen molar-refractivity contribution in [3.05, 3.63) is 12.3 Å². The van der Waals surface area contributed by atoms with E-state index in [2.05, 4.69) is 4.99 Å². The van der Waals surface area contributed by atoms with Crippen LogP contribution in [-0.4, -0.2) is 12.0 Å². The van der Waals surface area contributed by atoms with Gasteiger partial charge in [-0.25, -0.2) is 0 Å². The van der Waals surface area contributed by atoms with Crippen molar-refractivity contribution < 1.29 is 4.79 Å². The highest BCUT2D eigenvalue weighted by molar-refractivity contribution is 8.93. The van der Waals surface area contributed by atoms with Crippen LogP contribution in [0.15, 0.2) is 17.3 Å². The molecule has 0 aromatic carbocycles. The Morgan fingerprint density at radius 2 is 2.29 bits per heavy atom. The molecule has 0 unspecified atom stereocenters. The average Bonchev–Trinajstić information content (AvgIpc) is 1.86. The van der Waals surface area contributed by atoms with Crippen molar-refractivity contribution in [3.8, 4) is 0 Å². The first-order chi connectivity index (χ1) is 2.89. The van der Waals surface area contributed by atoms with Crippen LogP contribution in [0.5, 0.6) is 0 Å². The number of carbonyl (C=O) groups is 1. The summed E-state index contributed by atoms with van der Waals surface area (Å²) in [6.45, 7) is 0. The third-order valence-corrected chi connectivity index (χ3v) is 0.527. The fourth-order valence-corrected chi connectivity index (χ4v) is 0.276. The van der Waals surface area contributed by atoms with Crippen LogP contribution in [-0.2, 0) is 4.79 Å². The van der Waals surface area contributed by atoms with Gasteiger partial charge in [-0.15, -0.1) is 17.0 Å². The molecule has 0 aliphatic carbocycles. The van der Waals surface area contributed by atoms with Crippen LogP contribution in [0.25, 0.3) is 0 Å². The van der Waals surface area contributed by atoms with Crippen LogP contribution in [0.2, 0.25) is 0 Å². The largest absolute Gasteiger partial charge is 0.288 e. The van der Waals surface area contributed by atoms with Crippen LogP contribution in [0.3, 0.4) is 0 Å². The van der Waals surface area contributed by atoms with Crippen molar-refractivity contribution in [3.63, 3.8) is 0 Å². The van der Waals surface area contributed by atoms with E-state index in [1.807, 2.05) is 0 Å². The van der Waals surface area contributed by atoms with E-state index in [1.165, 1.54) is 18.5 Å². The van der Waals surface area contributed by atoms with Crippen molar-refractivity contribution >= 4 is 29.0 Å². The normalized spacial score (nSPS) is 14.6. The number of rotatable bonds is 0. The molecule has 0 spiro atoms. The zero-order valence-corrected chi connectivity index (χ0v) is 5.21. The molecule has 0 saturated carbocycles. The molecule has 1 aliphatic heterocycles. The van der Waals surface area contributed by atoms with Gasteiger partial charge in [-0.2, -0.15) is 0 Å².